The van der Waals surface area contributed by atoms with Crippen LogP contribution in [0.4, 0.5) is 5.69 Å². The summed E-state index contributed by atoms with van der Waals surface area (Å²) in [5.41, 5.74) is 8.90. The van der Waals surface area contributed by atoms with Gasteiger partial charge in [-0.05, 0) is 54.2 Å². The highest BCUT2D eigenvalue weighted by molar-refractivity contribution is 7.80. The highest BCUT2D eigenvalue weighted by atomic mass is 32.1. The van der Waals surface area contributed by atoms with Crippen molar-refractivity contribution in [2.24, 2.45) is 5.10 Å². The Bertz CT molecular complexity index is 733. The second kappa shape index (κ2) is 6.92. The Labute approximate surface area is 142 Å². The average Bonchev–Trinajstić information content (AvgIpc) is 2.97. The summed E-state index contributed by atoms with van der Waals surface area (Å²) in [6, 6.07) is 16.7. The lowest BCUT2D eigenvalue weighted by molar-refractivity contribution is 0.867. The van der Waals surface area contributed by atoms with E-state index in [1.54, 1.807) is 0 Å². The molecule has 2 aromatic rings. The van der Waals surface area contributed by atoms with E-state index in [-0.39, 0.29) is 0 Å². The monoisotopic (exact) mass is 323 g/mol. The molecule has 0 saturated carbocycles. The molecule has 0 saturated heterocycles. The van der Waals surface area contributed by atoms with Crippen molar-refractivity contribution in [3.63, 3.8) is 0 Å². The van der Waals surface area contributed by atoms with E-state index in [0.717, 1.165) is 24.2 Å². The van der Waals surface area contributed by atoms with Gasteiger partial charge in [-0.25, -0.2) is 0 Å². The van der Waals surface area contributed by atoms with Gasteiger partial charge in [0.25, 0.3) is 0 Å². The van der Waals surface area contributed by atoms with Crippen LogP contribution in [0, 0.1) is 0 Å². The molecule has 23 heavy (non-hydrogen) atoms. The van der Waals surface area contributed by atoms with Gasteiger partial charge in [0.05, 0.1) is 5.71 Å². The molecule has 2 N–H and O–H groups in total. The number of hydrogen-bond acceptors (Lipinski definition) is 2. The largest absolute Gasteiger partial charge is 0.331 e. The maximum atomic E-state index is 5.32. The second-order valence-corrected chi connectivity index (χ2v) is 6.47. The van der Waals surface area contributed by atoms with Crippen molar-refractivity contribution in [3.8, 4) is 0 Å². The number of nitrogens with zero attached hydrogens (tertiary/aromatic N) is 1. The van der Waals surface area contributed by atoms with Gasteiger partial charge >= 0.3 is 0 Å². The lowest BCUT2D eigenvalue weighted by Crippen LogP contribution is -2.25. The number of benzene rings is 2. The minimum atomic E-state index is 0.513. The quantitative estimate of drug-likeness (QED) is 0.647. The van der Waals surface area contributed by atoms with Crippen LogP contribution in [0.15, 0.2) is 53.6 Å². The van der Waals surface area contributed by atoms with E-state index in [9.17, 15) is 0 Å². The van der Waals surface area contributed by atoms with Crippen molar-refractivity contribution in [1.82, 2.24) is 5.43 Å². The third kappa shape index (κ3) is 3.77. The number of rotatable bonds is 3. The molecular weight excluding hydrogens is 302 g/mol. The smallest absolute Gasteiger partial charge is 0.191 e. The molecule has 4 heteroatoms. The Hall–Kier alpha value is -2.20. The van der Waals surface area contributed by atoms with E-state index in [2.05, 4.69) is 60.0 Å². The molecule has 0 heterocycles. The molecule has 0 bridgehead atoms. The van der Waals surface area contributed by atoms with Crippen molar-refractivity contribution in [3.05, 3.63) is 65.2 Å². The second-order valence-electron chi connectivity index (χ2n) is 6.06. The van der Waals surface area contributed by atoms with Gasteiger partial charge in [0.2, 0.25) is 0 Å². The fourth-order valence-corrected chi connectivity index (χ4v) is 2.92. The molecule has 1 aliphatic rings. The SMILES string of the molecule is CC(C)c1ccc(NC(=S)N/N=C2/CCc3ccccc32)cc1. The molecule has 0 fully saturated rings. The van der Waals surface area contributed by atoms with Crippen LogP contribution in [0.3, 0.4) is 0 Å². The minimum absolute atomic E-state index is 0.513. The first-order valence-electron chi connectivity index (χ1n) is 7.95. The van der Waals surface area contributed by atoms with Crippen molar-refractivity contribution >= 4 is 28.7 Å². The van der Waals surface area contributed by atoms with Crippen LogP contribution in [0.1, 0.15) is 42.9 Å². The Morgan fingerprint density at radius 2 is 1.78 bits per heavy atom. The zero-order chi connectivity index (χ0) is 16.2. The fraction of sp³-hybridized carbons (Fsp3) is 0.263. The first-order chi connectivity index (χ1) is 11.1. The molecule has 0 aliphatic heterocycles. The van der Waals surface area contributed by atoms with Gasteiger partial charge in [-0.3, -0.25) is 5.43 Å². The summed E-state index contributed by atoms with van der Waals surface area (Å²) in [6.07, 6.45) is 2.01. The van der Waals surface area contributed by atoms with Crippen LogP contribution < -0.4 is 10.7 Å². The normalized spacial score (nSPS) is 14.8. The Morgan fingerprint density at radius 3 is 2.52 bits per heavy atom. The predicted molar refractivity (Wildman–Crippen MR) is 101 cm³/mol. The topological polar surface area (TPSA) is 36.4 Å². The van der Waals surface area contributed by atoms with E-state index in [0.29, 0.717) is 11.0 Å². The summed E-state index contributed by atoms with van der Waals surface area (Å²) < 4.78 is 0. The first-order valence-corrected chi connectivity index (χ1v) is 8.36. The van der Waals surface area contributed by atoms with Crippen molar-refractivity contribution < 1.29 is 0 Å². The molecule has 3 rings (SSSR count). The molecule has 0 atom stereocenters. The average molecular weight is 323 g/mol. The third-order valence-corrected chi connectivity index (χ3v) is 4.28. The van der Waals surface area contributed by atoms with Gasteiger partial charge in [0.1, 0.15) is 0 Å². The molecular formula is C19H21N3S. The first kappa shape index (κ1) is 15.7. The Kier molecular flexibility index (Phi) is 4.72. The van der Waals surface area contributed by atoms with Gasteiger partial charge in [-0.1, -0.05) is 50.2 Å². The van der Waals surface area contributed by atoms with Crippen LogP contribution in [-0.4, -0.2) is 10.8 Å². The van der Waals surface area contributed by atoms with Crippen LogP contribution in [0.25, 0.3) is 0 Å². The van der Waals surface area contributed by atoms with Crippen molar-refractivity contribution in [2.75, 3.05) is 5.32 Å². The van der Waals surface area contributed by atoms with Crippen LogP contribution in [-0.2, 0) is 6.42 Å². The molecule has 2 aromatic carbocycles. The number of aryl methyl sites for hydroxylation is 1. The van der Waals surface area contributed by atoms with Gasteiger partial charge in [-0.2, -0.15) is 5.10 Å². The lowest BCUT2D eigenvalue weighted by Gasteiger charge is -2.10. The van der Waals surface area contributed by atoms with Crippen molar-refractivity contribution in [2.45, 2.75) is 32.6 Å². The zero-order valence-electron chi connectivity index (χ0n) is 13.5. The highest BCUT2D eigenvalue weighted by Gasteiger charge is 2.16. The number of hydrazone groups is 1. The number of nitrogens with one attached hydrogen (secondary N) is 2. The Balaban J connectivity index is 1.61. The molecule has 0 unspecified atom stereocenters. The molecule has 0 radical (unpaired) electrons. The zero-order valence-corrected chi connectivity index (χ0v) is 14.3. The fourth-order valence-electron chi connectivity index (χ4n) is 2.75. The Morgan fingerprint density at radius 1 is 1.04 bits per heavy atom. The predicted octanol–water partition coefficient (Wildman–Crippen LogP) is 4.45. The number of fused-ring (bicyclic) bond motifs is 1. The van der Waals surface area contributed by atoms with Crippen molar-refractivity contribution in [1.29, 1.82) is 0 Å². The summed E-state index contributed by atoms with van der Waals surface area (Å²) in [5.74, 6) is 0.531. The lowest BCUT2D eigenvalue weighted by atomic mass is 10.0. The highest BCUT2D eigenvalue weighted by Crippen LogP contribution is 2.21. The third-order valence-electron chi connectivity index (χ3n) is 4.09. The van der Waals surface area contributed by atoms with E-state index in [4.69, 9.17) is 12.2 Å². The van der Waals surface area contributed by atoms with Gasteiger partial charge < -0.3 is 5.32 Å². The molecule has 3 nitrogen and oxygen atoms in total. The van der Waals surface area contributed by atoms with Gasteiger partial charge in [0, 0.05) is 11.3 Å². The van der Waals surface area contributed by atoms with E-state index in [1.165, 1.54) is 16.7 Å². The van der Waals surface area contributed by atoms with Crippen LogP contribution in [0.5, 0.6) is 0 Å². The molecule has 118 valence electrons. The molecule has 1 aliphatic carbocycles. The summed E-state index contributed by atoms with van der Waals surface area (Å²) in [7, 11) is 0. The van der Waals surface area contributed by atoms with Gasteiger partial charge in [0.15, 0.2) is 5.11 Å². The van der Waals surface area contributed by atoms with E-state index in [1.807, 2.05) is 18.2 Å². The number of hydrogen-bond donors (Lipinski definition) is 2. The summed E-state index contributed by atoms with van der Waals surface area (Å²) >= 11 is 5.32. The molecule has 0 aromatic heterocycles. The molecule has 0 spiro atoms. The maximum absolute atomic E-state index is 5.32. The van der Waals surface area contributed by atoms with E-state index < -0.39 is 0 Å². The molecule has 0 amide bonds. The summed E-state index contributed by atoms with van der Waals surface area (Å²) in [6.45, 7) is 4.37. The number of anilines is 1. The van der Waals surface area contributed by atoms with E-state index >= 15 is 0 Å². The standard InChI is InChI=1S/C19H21N3S/c1-13(2)14-7-10-16(11-8-14)20-19(23)22-21-18-12-9-15-5-3-4-6-17(15)18/h3-8,10-11,13H,9,12H2,1-2H3,(H2,20,22,23)/b21-18-. The van der Waals surface area contributed by atoms with Gasteiger partial charge in [-0.15, -0.1) is 0 Å². The number of thiocarbonyl (C=S) groups is 1. The minimum Gasteiger partial charge on any atom is -0.331 e. The maximum Gasteiger partial charge on any atom is 0.191 e. The van der Waals surface area contributed by atoms with Crippen LogP contribution in [0.2, 0.25) is 0 Å². The summed E-state index contributed by atoms with van der Waals surface area (Å²) in [4.78, 5) is 0. The summed E-state index contributed by atoms with van der Waals surface area (Å²) in [5, 5.41) is 8.15. The van der Waals surface area contributed by atoms with Crippen LogP contribution >= 0.6 is 12.2 Å².